The summed E-state index contributed by atoms with van der Waals surface area (Å²) in [7, 11) is -2.91. The summed E-state index contributed by atoms with van der Waals surface area (Å²) < 4.78 is 23.0. The van der Waals surface area contributed by atoms with E-state index in [1.807, 2.05) is 38.1 Å². The van der Waals surface area contributed by atoms with Crippen molar-refractivity contribution in [1.29, 1.82) is 0 Å². The molecule has 0 bridgehead atoms. The molecule has 2 aromatic rings. The van der Waals surface area contributed by atoms with E-state index in [1.54, 1.807) is 0 Å². The van der Waals surface area contributed by atoms with Crippen molar-refractivity contribution in [2.24, 2.45) is 5.92 Å². The minimum Gasteiger partial charge on any atom is -0.345 e. The summed E-state index contributed by atoms with van der Waals surface area (Å²) in [4.78, 5) is 20.2. The van der Waals surface area contributed by atoms with Crippen LogP contribution in [0.15, 0.2) is 24.3 Å². The number of sulfone groups is 1. The highest BCUT2D eigenvalue weighted by Gasteiger charge is 2.29. The van der Waals surface area contributed by atoms with Crippen LogP contribution < -0.4 is 5.32 Å². The number of thioether (sulfide) groups is 1. The highest BCUT2D eigenvalue weighted by molar-refractivity contribution is 8.02. The van der Waals surface area contributed by atoms with Crippen LogP contribution in [-0.2, 0) is 14.6 Å². The first-order chi connectivity index (χ1) is 11.8. The van der Waals surface area contributed by atoms with Crippen molar-refractivity contribution in [3.05, 3.63) is 30.1 Å². The number of imidazole rings is 1. The second-order valence-corrected chi connectivity index (χ2v) is 10.3. The summed E-state index contributed by atoms with van der Waals surface area (Å²) in [5, 5.41) is 3.06. The smallest absolute Gasteiger partial charge is 0.230 e. The molecule has 1 aromatic carbocycles. The third kappa shape index (κ3) is 4.55. The molecule has 1 aromatic heterocycles. The number of benzene rings is 1. The largest absolute Gasteiger partial charge is 0.345 e. The molecule has 136 valence electrons. The average Bonchev–Trinajstić information content (AvgIpc) is 3.12. The number of hydrogen-bond donors (Lipinski definition) is 2. The molecule has 2 N–H and O–H groups in total. The molecule has 1 aliphatic rings. The van der Waals surface area contributed by atoms with Crippen LogP contribution in [0.3, 0.4) is 0 Å². The summed E-state index contributed by atoms with van der Waals surface area (Å²) in [6.45, 7) is 4.07. The second-order valence-electron chi connectivity index (χ2n) is 6.76. The minimum atomic E-state index is -2.91. The van der Waals surface area contributed by atoms with Gasteiger partial charge in [0.05, 0.1) is 34.3 Å². The highest BCUT2D eigenvalue weighted by Crippen LogP contribution is 2.25. The molecular weight excluding hydrogens is 358 g/mol. The van der Waals surface area contributed by atoms with Gasteiger partial charge in [0.2, 0.25) is 5.91 Å². The fourth-order valence-corrected chi connectivity index (χ4v) is 6.43. The van der Waals surface area contributed by atoms with Crippen LogP contribution in [0.1, 0.15) is 32.1 Å². The lowest BCUT2D eigenvalue weighted by molar-refractivity contribution is -0.119. The number of rotatable bonds is 6. The van der Waals surface area contributed by atoms with Gasteiger partial charge in [-0.15, -0.1) is 11.8 Å². The second kappa shape index (κ2) is 7.37. The van der Waals surface area contributed by atoms with Crippen LogP contribution in [-0.4, -0.2) is 46.8 Å². The van der Waals surface area contributed by atoms with Gasteiger partial charge in [0.1, 0.15) is 5.82 Å². The lowest BCUT2D eigenvalue weighted by Crippen LogP contribution is -2.34. The van der Waals surface area contributed by atoms with Crippen molar-refractivity contribution in [3.8, 4) is 0 Å². The first kappa shape index (κ1) is 18.3. The van der Waals surface area contributed by atoms with Gasteiger partial charge in [-0.3, -0.25) is 4.79 Å². The number of para-hydroxylation sites is 2. The van der Waals surface area contributed by atoms with Gasteiger partial charge in [-0.05, 0) is 24.5 Å². The summed E-state index contributed by atoms with van der Waals surface area (Å²) in [5.74, 6) is 1.53. The first-order valence-electron chi connectivity index (χ1n) is 8.40. The fourth-order valence-electron chi connectivity index (χ4n) is 2.97. The van der Waals surface area contributed by atoms with Gasteiger partial charge in [-0.1, -0.05) is 26.0 Å². The monoisotopic (exact) mass is 381 g/mol. The van der Waals surface area contributed by atoms with E-state index in [2.05, 4.69) is 15.3 Å². The van der Waals surface area contributed by atoms with Gasteiger partial charge >= 0.3 is 0 Å². The number of nitrogens with one attached hydrogen (secondary N) is 2. The number of H-pyrrole nitrogens is 1. The van der Waals surface area contributed by atoms with Crippen molar-refractivity contribution in [1.82, 2.24) is 15.3 Å². The molecule has 0 spiro atoms. The maximum Gasteiger partial charge on any atom is 0.230 e. The molecule has 1 saturated heterocycles. The molecule has 0 saturated carbocycles. The van der Waals surface area contributed by atoms with Gasteiger partial charge in [0, 0.05) is 5.25 Å². The van der Waals surface area contributed by atoms with Crippen LogP contribution in [0.5, 0.6) is 0 Å². The Balaban J connectivity index is 1.62. The van der Waals surface area contributed by atoms with Crippen LogP contribution >= 0.6 is 11.8 Å². The van der Waals surface area contributed by atoms with Crippen molar-refractivity contribution in [2.45, 2.75) is 31.6 Å². The number of hydrogen-bond acceptors (Lipinski definition) is 5. The number of amides is 1. The van der Waals surface area contributed by atoms with Gasteiger partial charge in [-0.25, -0.2) is 13.4 Å². The predicted octanol–water partition coefficient (Wildman–Crippen LogP) is 2.30. The molecule has 2 atom stereocenters. The van der Waals surface area contributed by atoms with Gasteiger partial charge in [0.25, 0.3) is 0 Å². The van der Waals surface area contributed by atoms with Gasteiger partial charge in [0.15, 0.2) is 9.84 Å². The number of aromatic amines is 1. The molecule has 1 aliphatic heterocycles. The number of carbonyl (C=O) groups is 1. The Morgan fingerprint density at radius 3 is 2.80 bits per heavy atom. The number of nitrogens with zero attached hydrogens (tertiary/aromatic N) is 1. The Kier molecular flexibility index (Phi) is 5.38. The van der Waals surface area contributed by atoms with E-state index in [9.17, 15) is 13.2 Å². The quantitative estimate of drug-likeness (QED) is 0.801. The Hall–Kier alpha value is -1.54. The van der Waals surface area contributed by atoms with E-state index < -0.39 is 9.84 Å². The molecule has 1 fully saturated rings. The third-order valence-electron chi connectivity index (χ3n) is 4.33. The van der Waals surface area contributed by atoms with Crippen LogP contribution in [0.4, 0.5) is 0 Å². The van der Waals surface area contributed by atoms with Crippen molar-refractivity contribution in [3.63, 3.8) is 0 Å². The SMILES string of the molecule is CC(C)C(NC(=O)CSC1CCS(=O)(=O)C1)c1nc2ccccc2[nH]1. The number of fused-ring (bicyclic) bond motifs is 1. The van der Waals surface area contributed by atoms with Crippen molar-refractivity contribution in [2.75, 3.05) is 17.3 Å². The predicted molar refractivity (Wildman–Crippen MR) is 101 cm³/mol. The molecule has 0 radical (unpaired) electrons. The molecule has 0 aliphatic carbocycles. The summed E-state index contributed by atoms with van der Waals surface area (Å²) in [5.41, 5.74) is 1.82. The normalized spacial score (nSPS) is 20.8. The third-order valence-corrected chi connectivity index (χ3v) is 7.61. The molecular formula is C17H23N3O3S2. The molecule has 2 unspecified atom stereocenters. The zero-order valence-corrected chi connectivity index (χ0v) is 16.0. The van der Waals surface area contributed by atoms with Crippen molar-refractivity contribution < 1.29 is 13.2 Å². The Bertz CT molecular complexity index is 828. The molecule has 2 heterocycles. The van der Waals surface area contributed by atoms with E-state index >= 15 is 0 Å². The Morgan fingerprint density at radius 2 is 2.16 bits per heavy atom. The highest BCUT2D eigenvalue weighted by atomic mass is 32.2. The van der Waals surface area contributed by atoms with E-state index in [0.29, 0.717) is 6.42 Å². The van der Waals surface area contributed by atoms with Crippen LogP contribution in [0.2, 0.25) is 0 Å². The Labute approximate surface area is 152 Å². The molecule has 1 amide bonds. The van der Waals surface area contributed by atoms with Crippen molar-refractivity contribution >= 4 is 38.5 Å². The van der Waals surface area contributed by atoms with E-state index in [-0.39, 0.29) is 40.4 Å². The zero-order valence-electron chi connectivity index (χ0n) is 14.4. The van der Waals surface area contributed by atoms with Crippen LogP contribution in [0, 0.1) is 5.92 Å². The first-order valence-corrected chi connectivity index (χ1v) is 11.3. The summed E-state index contributed by atoms with van der Waals surface area (Å²) >= 11 is 1.43. The molecule has 25 heavy (non-hydrogen) atoms. The Morgan fingerprint density at radius 1 is 1.40 bits per heavy atom. The molecule has 6 nitrogen and oxygen atoms in total. The van der Waals surface area contributed by atoms with E-state index in [1.165, 1.54) is 11.8 Å². The fraction of sp³-hybridized carbons (Fsp3) is 0.529. The maximum atomic E-state index is 12.3. The average molecular weight is 382 g/mol. The molecule has 3 rings (SSSR count). The minimum absolute atomic E-state index is 0.0273. The lowest BCUT2D eigenvalue weighted by Gasteiger charge is -2.20. The summed E-state index contributed by atoms with van der Waals surface area (Å²) in [6.07, 6.45) is 0.636. The van der Waals surface area contributed by atoms with Gasteiger partial charge in [-0.2, -0.15) is 0 Å². The van der Waals surface area contributed by atoms with Gasteiger partial charge < -0.3 is 10.3 Å². The lowest BCUT2D eigenvalue weighted by atomic mass is 10.0. The number of carbonyl (C=O) groups excluding carboxylic acids is 1. The van der Waals surface area contributed by atoms with Crippen LogP contribution in [0.25, 0.3) is 11.0 Å². The standard InChI is InChI=1S/C17H23N3O3S2/c1-11(2)16(17-18-13-5-3-4-6-14(13)19-17)20-15(21)9-24-12-7-8-25(22,23)10-12/h3-6,11-12,16H,7-10H2,1-2H3,(H,18,19)(H,20,21). The molecule has 8 heteroatoms. The van der Waals surface area contributed by atoms with E-state index in [4.69, 9.17) is 0 Å². The summed E-state index contributed by atoms with van der Waals surface area (Å²) in [6, 6.07) is 7.57. The zero-order chi connectivity index (χ0) is 18.0. The van der Waals surface area contributed by atoms with E-state index in [0.717, 1.165) is 16.9 Å². The maximum absolute atomic E-state index is 12.3. The number of aromatic nitrogens is 2. The topological polar surface area (TPSA) is 91.9 Å².